The number of unbranched alkanes of at least 4 members (excludes halogenated alkanes) is 6. The van der Waals surface area contributed by atoms with Crippen LogP contribution in [0, 0.1) is 0 Å². The van der Waals surface area contributed by atoms with Crippen LogP contribution in [0.25, 0.3) is 0 Å². The van der Waals surface area contributed by atoms with Gasteiger partial charge in [0.05, 0.1) is 12.2 Å². The molecule has 0 fully saturated rings. The van der Waals surface area contributed by atoms with Crippen LogP contribution in [0.2, 0.25) is 0 Å². The third kappa shape index (κ3) is 13.9. The van der Waals surface area contributed by atoms with Gasteiger partial charge in [-0.15, -0.1) is 23.2 Å². The third-order valence-electron chi connectivity index (χ3n) is 4.12. The molecule has 0 aliphatic rings. The van der Waals surface area contributed by atoms with Crippen molar-refractivity contribution in [3.63, 3.8) is 0 Å². The highest BCUT2D eigenvalue weighted by atomic mass is 35.5. The van der Waals surface area contributed by atoms with Crippen LogP contribution in [0.3, 0.4) is 0 Å². The van der Waals surface area contributed by atoms with Crippen molar-refractivity contribution in [2.24, 2.45) is 0 Å². The van der Waals surface area contributed by atoms with Crippen LogP contribution in [0.1, 0.15) is 90.9 Å². The van der Waals surface area contributed by atoms with Gasteiger partial charge in [0.2, 0.25) is 0 Å². The average Bonchev–Trinajstić information content (AvgIpc) is 2.51. The van der Waals surface area contributed by atoms with Gasteiger partial charge >= 0.3 is 0 Å². The van der Waals surface area contributed by atoms with E-state index in [2.05, 4.69) is 13.8 Å². The predicted octanol–water partition coefficient (Wildman–Crippen LogP) is 6.94. The molecular weight excluding hydrogens is 303 g/mol. The van der Waals surface area contributed by atoms with Crippen molar-refractivity contribution in [2.45, 2.75) is 103 Å². The molecule has 0 radical (unpaired) electrons. The summed E-state index contributed by atoms with van der Waals surface area (Å²) in [4.78, 5) is 0. The molecule has 1 nitrogen and oxygen atoms in total. The molecule has 0 aromatic carbocycles. The molecule has 0 aliphatic carbocycles. The van der Waals surface area contributed by atoms with Crippen molar-refractivity contribution in [3.8, 4) is 0 Å². The van der Waals surface area contributed by atoms with E-state index >= 15 is 0 Å². The highest BCUT2D eigenvalue weighted by molar-refractivity contribution is 6.18. The molecule has 0 aliphatic heterocycles. The Kier molecular flexibility index (Phi) is 17.3. The van der Waals surface area contributed by atoms with E-state index in [0.29, 0.717) is 12.2 Å². The monoisotopic (exact) mass is 338 g/mol. The Morgan fingerprint density at radius 2 is 1.00 bits per heavy atom. The highest BCUT2D eigenvalue weighted by Gasteiger charge is 2.13. The number of alkyl halides is 2. The minimum absolute atomic E-state index is 0.453. The number of hydrogen-bond donors (Lipinski definition) is 0. The molecule has 2 atom stereocenters. The van der Waals surface area contributed by atoms with Gasteiger partial charge in [-0.2, -0.15) is 0 Å². The Hall–Kier alpha value is 0.540. The van der Waals surface area contributed by atoms with Gasteiger partial charge in [-0.3, -0.25) is 0 Å². The van der Waals surface area contributed by atoms with Crippen LogP contribution < -0.4 is 0 Å². The van der Waals surface area contributed by atoms with Crippen LogP contribution in [-0.2, 0) is 4.74 Å². The van der Waals surface area contributed by atoms with E-state index < -0.39 is 0 Å². The second-order valence-electron chi connectivity index (χ2n) is 5.98. The van der Waals surface area contributed by atoms with E-state index in [9.17, 15) is 0 Å². The fourth-order valence-corrected chi connectivity index (χ4v) is 3.03. The maximum absolute atomic E-state index is 6.31. The average molecular weight is 339 g/mol. The summed E-state index contributed by atoms with van der Waals surface area (Å²) in [5.41, 5.74) is 0. The summed E-state index contributed by atoms with van der Waals surface area (Å²) >= 11 is 11.4. The van der Waals surface area contributed by atoms with Crippen LogP contribution >= 0.6 is 23.2 Å². The van der Waals surface area contributed by atoms with Gasteiger partial charge in [-0.1, -0.05) is 52.4 Å². The number of hydrogen-bond acceptors (Lipinski definition) is 1. The summed E-state index contributed by atoms with van der Waals surface area (Å²) in [7, 11) is 0. The Labute approximate surface area is 143 Å². The van der Waals surface area contributed by atoms with Crippen molar-refractivity contribution >= 4 is 23.2 Å². The quantitative estimate of drug-likeness (QED) is 0.219. The summed E-state index contributed by atoms with van der Waals surface area (Å²) in [6, 6.07) is 0. The minimum atomic E-state index is 0.453. The zero-order chi connectivity index (χ0) is 15.8. The summed E-state index contributed by atoms with van der Waals surface area (Å²) < 4.78 is 6.31. The zero-order valence-corrected chi connectivity index (χ0v) is 15.7. The van der Waals surface area contributed by atoms with Gasteiger partial charge in [-0.05, 0) is 38.5 Å². The molecule has 21 heavy (non-hydrogen) atoms. The lowest BCUT2D eigenvalue weighted by Gasteiger charge is -2.23. The number of ether oxygens (including phenoxy) is 1. The van der Waals surface area contributed by atoms with Crippen LogP contribution in [-0.4, -0.2) is 24.0 Å². The molecule has 0 heterocycles. The molecule has 0 bridgehead atoms. The first-order chi connectivity index (χ1) is 10.3. The molecule has 0 saturated carbocycles. The molecule has 0 amide bonds. The smallest absolute Gasteiger partial charge is 0.0576 e. The molecule has 0 saturated heterocycles. The fourth-order valence-electron chi connectivity index (χ4n) is 2.65. The molecule has 0 aromatic heterocycles. The van der Waals surface area contributed by atoms with Crippen molar-refractivity contribution in [1.29, 1.82) is 0 Å². The van der Waals surface area contributed by atoms with Gasteiger partial charge in [0.25, 0.3) is 0 Å². The van der Waals surface area contributed by atoms with E-state index in [1.54, 1.807) is 0 Å². The lowest BCUT2D eigenvalue weighted by Crippen LogP contribution is -2.21. The van der Waals surface area contributed by atoms with E-state index in [1.165, 1.54) is 51.4 Å². The van der Waals surface area contributed by atoms with Crippen molar-refractivity contribution in [1.82, 2.24) is 0 Å². The van der Waals surface area contributed by atoms with Gasteiger partial charge in [0.1, 0.15) is 0 Å². The number of halogens is 2. The fraction of sp³-hybridized carbons (Fsp3) is 1.00. The maximum atomic E-state index is 6.31. The van der Waals surface area contributed by atoms with Gasteiger partial charge in [0, 0.05) is 11.8 Å². The lowest BCUT2D eigenvalue weighted by molar-refractivity contribution is -0.0257. The van der Waals surface area contributed by atoms with E-state index in [-0.39, 0.29) is 0 Å². The predicted molar refractivity (Wildman–Crippen MR) is 96.9 cm³/mol. The molecule has 0 rings (SSSR count). The van der Waals surface area contributed by atoms with Crippen molar-refractivity contribution in [2.75, 3.05) is 11.8 Å². The van der Waals surface area contributed by atoms with Crippen LogP contribution in [0.4, 0.5) is 0 Å². The standard InChI is InChI=1S/C18H36Cl2O/c1-3-17(13-9-5-7-11-15-19)21-18(4-2)14-10-6-8-12-16-20/h17-18H,3-16H2,1-2H3. The lowest BCUT2D eigenvalue weighted by atomic mass is 10.0. The topological polar surface area (TPSA) is 9.23 Å². The van der Waals surface area contributed by atoms with E-state index in [1.807, 2.05) is 0 Å². The largest absolute Gasteiger partial charge is 0.375 e. The van der Waals surface area contributed by atoms with E-state index in [0.717, 1.165) is 37.4 Å². The summed E-state index contributed by atoms with van der Waals surface area (Å²) in [6.07, 6.45) is 15.6. The maximum Gasteiger partial charge on any atom is 0.0576 e. The summed E-state index contributed by atoms with van der Waals surface area (Å²) in [5, 5.41) is 0. The summed E-state index contributed by atoms with van der Waals surface area (Å²) in [5.74, 6) is 1.60. The Morgan fingerprint density at radius 1 is 0.619 bits per heavy atom. The Morgan fingerprint density at radius 3 is 1.33 bits per heavy atom. The van der Waals surface area contributed by atoms with Gasteiger partial charge in [-0.25, -0.2) is 0 Å². The van der Waals surface area contributed by atoms with Gasteiger partial charge < -0.3 is 4.74 Å². The first-order valence-corrected chi connectivity index (χ1v) is 10.1. The van der Waals surface area contributed by atoms with Crippen molar-refractivity contribution in [3.05, 3.63) is 0 Å². The molecular formula is C18H36Cl2O. The second-order valence-corrected chi connectivity index (χ2v) is 6.74. The molecule has 2 unspecified atom stereocenters. The molecule has 0 N–H and O–H groups in total. The van der Waals surface area contributed by atoms with Gasteiger partial charge in [0.15, 0.2) is 0 Å². The molecule has 128 valence electrons. The molecule has 3 heteroatoms. The summed E-state index contributed by atoms with van der Waals surface area (Å²) in [6.45, 7) is 4.49. The minimum Gasteiger partial charge on any atom is -0.375 e. The zero-order valence-electron chi connectivity index (χ0n) is 14.2. The van der Waals surface area contributed by atoms with Crippen LogP contribution in [0.15, 0.2) is 0 Å². The van der Waals surface area contributed by atoms with Crippen molar-refractivity contribution < 1.29 is 4.74 Å². The third-order valence-corrected chi connectivity index (χ3v) is 4.65. The SMILES string of the molecule is CCC(CCCCCCCl)OC(CC)CCCCCCCl. The molecule has 0 spiro atoms. The van der Waals surface area contributed by atoms with Crippen LogP contribution in [0.5, 0.6) is 0 Å². The Bertz CT molecular complexity index is 180. The Balaban J connectivity index is 3.73. The van der Waals surface area contributed by atoms with E-state index in [4.69, 9.17) is 27.9 Å². The second kappa shape index (κ2) is 16.9. The highest BCUT2D eigenvalue weighted by Crippen LogP contribution is 2.18. The molecule has 0 aromatic rings. The first kappa shape index (κ1) is 21.5. The normalized spacial score (nSPS) is 14.3. The first-order valence-electron chi connectivity index (χ1n) is 9.05. The number of rotatable bonds is 16.